The third-order valence-corrected chi connectivity index (χ3v) is 3.00. The molecule has 0 unspecified atom stereocenters. The maximum Gasteiger partial charge on any atom is 0.408 e. The standard InChI is InChI=1S/C13H24N2O3/c1-6-10(11(16)15-8-7-9(15)2)14-12(17)18-13(3,4)5/h9-10H,6-8H2,1-5H3,(H,14,17)/t9-,10+/m0/s1. The van der Waals surface area contributed by atoms with Gasteiger partial charge in [0.15, 0.2) is 0 Å². The number of amides is 2. The fraction of sp³-hybridized carbons (Fsp3) is 0.846. The molecular formula is C13H24N2O3. The van der Waals surface area contributed by atoms with Crippen molar-refractivity contribution >= 4 is 12.0 Å². The SMILES string of the molecule is CC[C@@H](NC(=O)OC(C)(C)C)C(=O)N1CC[C@@H]1C. The molecule has 0 radical (unpaired) electrons. The molecule has 0 spiro atoms. The highest BCUT2D eigenvalue weighted by Gasteiger charge is 2.33. The second-order valence-corrected chi connectivity index (χ2v) is 5.78. The number of ether oxygens (including phenoxy) is 1. The van der Waals surface area contributed by atoms with E-state index in [1.807, 2.05) is 13.8 Å². The predicted octanol–water partition coefficient (Wildman–Crippen LogP) is 1.91. The number of alkyl carbamates (subject to hydrolysis) is 1. The first-order chi connectivity index (χ1) is 8.24. The molecule has 104 valence electrons. The van der Waals surface area contributed by atoms with Gasteiger partial charge in [-0.15, -0.1) is 0 Å². The van der Waals surface area contributed by atoms with E-state index in [1.54, 1.807) is 25.7 Å². The predicted molar refractivity (Wildman–Crippen MR) is 69.2 cm³/mol. The van der Waals surface area contributed by atoms with Crippen molar-refractivity contribution in [2.24, 2.45) is 0 Å². The largest absolute Gasteiger partial charge is 0.444 e. The molecule has 1 rings (SSSR count). The maximum absolute atomic E-state index is 12.1. The van der Waals surface area contributed by atoms with Gasteiger partial charge in [0.2, 0.25) is 5.91 Å². The van der Waals surface area contributed by atoms with Crippen LogP contribution in [0.4, 0.5) is 4.79 Å². The van der Waals surface area contributed by atoms with Crippen LogP contribution in [0.1, 0.15) is 47.5 Å². The third kappa shape index (κ3) is 3.89. The smallest absolute Gasteiger partial charge is 0.408 e. The molecule has 0 bridgehead atoms. The molecule has 0 aliphatic carbocycles. The molecule has 0 aromatic carbocycles. The second kappa shape index (κ2) is 5.59. The van der Waals surface area contributed by atoms with Crippen LogP contribution in [0.5, 0.6) is 0 Å². The van der Waals surface area contributed by atoms with Crippen molar-refractivity contribution in [3.8, 4) is 0 Å². The monoisotopic (exact) mass is 256 g/mol. The average molecular weight is 256 g/mol. The molecule has 1 aliphatic rings. The van der Waals surface area contributed by atoms with Gasteiger partial charge in [0, 0.05) is 12.6 Å². The summed E-state index contributed by atoms with van der Waals surface area (Å²) in [6.07, 6.45) is 1.08. The van der Waals surface area contributed by atoms with Crippen molar-refractivity contribution in [3.05, 3.63) is 0 Å². The summed E-state index contributed by atoms with van der Waals surface area (Å²) in [7, 11) is 0. The molecule has 1 fully saturated rings. The minimum atomic E-state index is -0.546. The number of carbonyl (C=O) groups is 2. The molecule has 1 aliphatic heterocycles. The van der Waals surface area contributed by atoms with Gasteiger partial charge in [0.05, 0.1) is 0 Å². The third-order valence-electron chi connectivity index (χ3n) is 3.00. The number of hydrogen-bond acceptors (Lipinski definition) is 3. The number of hydrogen-bond donors (Lipinski definition) is 1. The Bertz CT molecular complexity index is 323. The number of likely N-dealkylation sites (tertiary alicyclic amines) is 1. The van der Waals surface area contributed by atoms with Crippen LogP contribution in [0.25, 0.3) is 0 Å². The number of nitrogens with zero attached hydrogens (tertiary/aromatic N) is 1. The van der Waals surface area contributed by atoms with Crippen molar-refractivity contribution in [2.75, 3.05) is 6.54 Å². The lowest BCUT2D eigenvalue weighted by Crippen LogP contribution is -2.57. The summed E-state index contributed by atoms with van der Waals surface area (Å²) >= 11 is 0. The Morgan fingerprint density at radius 2 is 2.06 bits per heavy atom. The Balaban J connectivity index is 2.51. The summed E-state index contributed by atoms with van der Waals surface area (Å²) in [4.78, 5) is 25.6. The Morgan fingerprint density at radius 1 is 1.44 bits per heavy atom. The Morgan fingerprint density at radius 3 is 2.39 bits per heavy atom. The zero-order chi connectivity index (χ0) is 13.9. The molecule has 5 heteroatoms. The van der Waals surface area contributed by atoms with Gasteiger partial charge in [-0.05, 0) is 40.5 Å². The number of carbonyl (C=O) groups excluding carboxylic acids is 2. The lowest BCUT2D eigenvalue weighted by atomic mass is 10.0. The summed E-state index contributed by atoms with van der Waals surface area (Å²) in [5.74, 6) is -0.0119. The first kappa shape index (κ1) is 14.8. The number of rotatable bonds is 3. The summed E-state index contributed by atoms with van der Waals surface area (Å²) in [6.45, 7) is 10.1. The lowest BCUT2D eigenvalue weighted by molar-refractivity contribution is -0.140. The molecule has 0 aromatic heterocycles. The Kier molecular flexibility index (Phi) is 4.59. The molecule has 0 aromatic rings. The van der Waals surface area contributed by atoms with Gasteiger partial charge in [0.1, 0.15) is 11.6 Å². The van der Waals surface area contributed by atoms with E-state index in [1.165, 1.54) is 0 Å². The van der Waals surface area contributed by atoms with Crippen LogP contribution in [0.3, 0.4) is 0 Å². The zero-order valence-corrected chi connectivity index (χ0v) is 11.9. The summed E-state index contributed by atoms with van der Waals surface area (Å²) in [6, 6.07) is -0.199. The Hall–Kier alpha value is -1.26. The molecule has 1 heterocycles. The normalized spacial score (nSPS) is 20.9. The van der Waals surface area contributed by atoms with Crippen molar-refractivity contribution in [1.29, 1.82) is 0 Å². The van der Waals surface area contributed by atoms with Gasteiger partial charge in [-0.3, -0.25) is 4.79 Å². The van der Waals surface area contributed by atoms with Crippen LogP contribution < -0.4 is 5.32 Å². The van der Waals surface area contributed by atoms with E-state index in [0.29, 0.717) is 6.42 Å². The summed E-state index contributed by atoms with van der Waals surface area (Å²) in [5, 5.41) is 2.64. The molecule has 1 N–H and O–H groups in total. The van der Waals surface area contributed by atoms with Gasteiger partial charge >= 0.3 is 6.09 Å². The fourth-order valence-electron chi connectivity index (χ4n) is 1.83. The van der Waals surface area contributed by atoms with E-state index in [-0.39, 0.29) is 11.9 Å². The van der Waals surface area contributed by atoms with Crippen LogP contribution in [-0.2, 0) is 9.53 Å². The molecule has 18 heavy (non-hydrogen) atoms. The van der Waals surface area contributed by atoms with Crippen LogP contribution in [0, 0.1) is 0 Å². The van der Waals surface area contributed by atoms with Crippen molar-refractivity contribution in [3.63, 3.8) is 0 Å². The Labute approximate surface area is 109 Å². The van der Waals surface area contributed by atoms with E-state index in [2.05, 4.69) is 5.32 Å². The molecular weight excluding hydrogens is 232 g/mol. The molecule has 2 atom stereocenters. The topological polar surface area (TPSA) is 58.6 Å². The quantitative estimate of drug-likeness (QED) is 0.839. The van der Waals surface area contributed by atoms with Crippen LogP contribution in [0.15, 0.2) is 0 Å². The lowest BCUT2D eigenvalue weighted by Gasteiger charge is -2.40. The van der Waals surface area contributed by atoms with Crippen LogP contribution >= 0.6 is 0 Å². The van der Waals surface area contributed by atoms with Gasteiger partial charge in [-0.2, -0.15) is 0 Å². The van der Waals surface area contributed by atoms with Crippen molar-refractivity contribution < 1.29 is 14.3 Å². The fourth-order valence-corrected chi connectivity index (χ4v) is 1.83. The van der Waals surface area contributed by atoms with E-state index in [0.717, 1.165) is 13.0 Å². The van der Waals surface area contributed by atoms with Crippen LogP contribution in [0.2, 0.25) is 0 Å². The highest BCUT2D eigenvalue weighted by atomic mass is 16.6. The second-order valence-electron chi connectivity index (χ2n) is 5.78. The summed E-state index contributed by atoms with van der Waals surface area (Å²) in [5.41, 5.74) is -0.546. The van der Waals surface area contributed by atoms with Crippen molar-refractivity contribution in [1.82, 2.24) is 10.2 Å². The van der Waals surface area contributed by atoms with Crippen molar-refractivity contribution in [2.45, 2.75) is 65.1 Å². The van der Waals surface area contributed by atoms with E-state index in [4.69, 9.17) is 4.74 Å². The van der Waals surface area contributed by atoms with E-state index >= 15 is 0 Å². The van der Waals surface area contributed by atoms with Gasteiger partial charge < -0.3 is 15.0 Å². The average Bonchev–Trinajstić information content (AvgIpc) is 2.21. The minimum absolute atomic E-state index is 0.0119. The zero-order valence-electron chi connectivity index (χ0n) is 11.9. The van der Waals surface area contributed by atoms with Crippen LogP contribution in [-0.4, -0.2) is 41.1 Å². The molecule has 1 saturated heterocycles. The first-order valence-corrected chi connectivity index (χ1v) is 6.54. The molecule has 5 nitrogen and oxygen atoms in total. The van der Waals surface area contributed by atoms with Gasteiger partial charge in [0.25, 0.3) is 0 Å². The highest BCUT2D eigenvalue weighted by Crippen LogP contribution is 2.18. The van der Waals surface area contributed by atoms with Gasteiger partial charge in [-0.25, -0.2) is 4.79 Å². The first-order valence-electron chi connectivity index (χ1n) is 6.54. The number of nitrogens with one attached hydrogen (secondary N) is 1. The maximum atomic E-state index is 12.1. The van der Waals surface area contributed by atoms with E-state index in [9.17, 15) is 9.59 Å². The van der Waals surface area contributed by atoms with E-state index < -0.39 is 17.7 Å². The minimum Gasteiger partial charge on any atom is -0.444 e. The molecule has 0 saturated carbocycles. The van der Waals surface area contributed by atoms with Gasteiger partial charge in [-0.1, -0.05) is 6.92 Å². The summed E-state index contributed by atoms with van der Waals surface area (Å²) < 4.78 is 5.16. The highest BCUT2D eigenvalue weighted by molar-refractivity contribution is 5.86. The molecule has 2 amide bonds.